The fourth-order valence-electron chi connectivity index (χ4n) is 4.16. The monoisotopic (exact) mass is 469 g/mol. The van der Waals surface area contributed by atoms with Gasteiger partial charge in [-0.2, -0.15) is 13.2 Å². The molecule has 0 saturated carbocycles. The average Bonchev–Trinajstić information content (AvgIpc) is 3.14. The molecule has 7 nitrogen and oxygen atoms in total. The molecule has 3 heterocycles. The van der Waals surface area contributed by atoms with Gasteiger partial charge >= 0.3 is 6.18 Å². The van der Waals surface area contributed by atoms with Gasteiger partial charge < -0.3 is 14.9 Å². The number of anilines is 1. The fourth-order valence-corrected chi connectivity index (χ4v) is 4.29. The summed E-state index contributed by atoms with van der Waals surface area (Å²) in [5.41, 5.74) is -0.214. The number of β-amino-alcohol motifs (C(OH)–C–C–N with tert-alkyl or cyclic N) is 1. The minimum Gasteiger partial charge on any atom is -0.390 e. The molecule has 0 spiro atoms. The van der Waals surface area contributed by atoms with Crippen molar-refractivity contribution in [2.24, 2.45) is 0 Å². The van der Waals surface area contributed by atoms with Gasteiger partial charge in [0.15, 0.2) is 0 Å². The Kier molecular flexibility index (Phi) is 6.28. The first-order valence-corrected chi connectivity index (χ1v) is 10.6. The molecule has 0 bridgehead atoms. The van der Waals surface area contributed by atoms with Crippen molar-refractivity contribution in [2.75, 3.05) is 44.2 Å². The molecule has 172 valence electrons. The van der Waals surface area contributed by atoms with Crippen molar-refractivity contribution in [3.05, 3.63) is 52.3 Å². The smallest absolute Gasteiger partial charge is 0.390 e. The van der Waals surface area contributed by atoms with E-state index in [1.54, 1.807) is 34.1 Å². The summed E-state index contributed by atoms with van der Waals surface area (Å²) in [6.45, 7) is 4.03. The Bertz CT molecular complexity index is 980. The minimum atomic E-state index is -4.56. The summed E-state index contributed by atoms with van der Waals surface area (Å²) >= 11 is 5.88. The molecule has 2 aliphatic rings. The highest BCUT2D eigenvalue weighted by molar-refractivity contribution is 6.30. The summed E-state index contributed by atoms with van der Waals surface area (Å²) in [7, 11) is 0. The molecule has 2 fully saturated rings. The topological polar surface area (TPSA) is 72.8 Å². The van der Waals surface area contributed by atoms with Gasteiger partial charge in [-0.25, -0.2) is 9.97 Å². The molecule has 1 aromatic heterocycles. The van der Waals surface area contributed by atoms with Crippen LogP contribution in [0.3, 0.4) is 0 Å². The van der Waals surface area contributed by atoms with Gasteiger partial charge in [0.1, 0.15) is 5.69 Å². The van der Waals surface area contributed by atoms with Crippen molar-refractivity contribution >= 4 is 23.5 Å². The summed E-state index contributed by atoms with van der Waals surface area (Å²) in [6, 6.07) is 7.35. The van der Waals surface area contributed by atoms with Gasteiger partial charge in [0.2, 0.25) is 5.95 Å². The number of aryl methyl sites for hydroxylation is 1. The lowest BCUT2D eigenvalue weighted by Gasteiger charge is -2.38. The summed E-state index contributed by atoms with van der Waals surface area (Å²) < 4.78 is 39.4. The zero-order valence-electron chi connectivity index (χ0n) is 17.4. The number of aromatic nitrogens is 2. The molecule has 0 aliphatic carbocycles. The van der Waals surface area contributed by atoms with Gasteiger partial charge in [0.05, 0.1) is 12.1 Å². The summed E-state index contributed by atoms with van der Waals surface area (Å²) in [4.78, 5) is 25.9. The number of carbonyl (C=O) groups excluding carboxylic acids is 1. The van der Waals surface area contributed by atoms with Crippen LogP contribution in [-0.2, 0) is 6.18 Å². The van der Waals surface area contributed by atoms with Crippen LogP contribution in [0.25, 0.3) is 0 Å². The molecule has 11 heteroatoms. The van der Waals surface area contributed by atoms with Gasteiger partial charge in [-0.15, -0.1) is 0 Å². The van der Waals surface area contributed by atoms with Crippen molar-refractivity contribution in [2.45, 2.75) is 25.2 Å². The van der Waals surface area contributed by atoms with Crippen LogP contribution >= 0.6 is 11.6 Å². The fraction of sp³-hybridized carbons (Fsp3) is 0.476. The molecule has 1 aromatic carbocycles. The van der Waals surface area contributed by atoms with E-state index >= 15 is 0 Å². The Morgan fingerprint density at radius 3 is 2.38 bits per heavy atom. The van der Waals surface area contributed by atoms with E-state index in [0.717, 1.165) is 6.07 Å². The first-order chi connectivity index (χ1) is 15.1. The van der Waals surface area contributed by atoms with Crippen LogP contribution < -0.4 is 4.90 Å². The molecular formula is C21H23ClF3N5O2. The number of hydrogen-bond acceptors (Lipinski definition) is 6. The lowest BCUT2D eigenvalue weighted by Crippen LogP contribution is -2.54. The molecular weight excluding hydrogens is 447 g/mol. The van der Waals surface area contributed by atoms with Crippen LogP contribution in [0.4, 0.5) is 19.1 Å². The number of aliphatic hydroxyl groups excluding tert-OH is 1. The lowest BCUT2D eigenvalue weighted by atomic mass is 10.1. The lowest BCUT2D eigenvalue weighted by molar-refractivity contribution is -0.141. The second-order valence-electron chi connectivity index (χ2n) is 8.07. The van der Waals surface area contributed by atoms with E-state index < -0.39 is 18.0 Å². The highest BCUT2D eigenvalue weighted by atomic mass is 35.5. The normalized spacial score (nSPS) is 22.4. The molecule has 4 rings (SSSR count). The van der Waals surface area contributed by atoms with Gasteiger partial charge in [-0.3, -0.25) is 9.69 Å². The predicted molar refractivity (Wildman–Crippen MR) is 113 cm³/mol. The van der Waals surface area contributed by atoms with Gasteiger partial charge in [-0.05, 0) is 37.3 Å². The van der Waals surface area contributed by atoms with E-state index in [0.29, 0.717) is 43.3 Å². The minimum absolute atomic E-state index is 0.0320. The van der Waals surface area contributed by atoms with Crippen molar-refractivity contribution in [3.8, 4) is 0 Å². The van der Waals surface area contributed by atoms with Crippen LogP contribution in [-0.4, -0.2) is 82.2 Å². The number of halogens is 4. The summed E-state index contributed by atoms with van der Waals surface area (Å²) in [5, 5.41) is 11.2. The van der Waals surface area contributed by atoms with Crippen molar-refractivity contribution in [1.29, 1.82) is 0 Å². The number of alkyl halides is 3. The van der Waals surface area contributed by atoms with Crippen LogP contribution in [0, 0.1) is 6.92 Å². The SMILES string of the molecule is Cc1cc(C(F)(F)F)nc(N2C[C@@H](O)[C@H](N3CCN(C(=O)c4ccc(Cl)cc4)CC3)C2)n1. The van der Waals surface area contributed by atoms with E-state index in [-0.39, 0.29) is 30.1 Å². The van der Waals surface area contributed by atoms with Gasteiger partial charge in [-0.1, -0.05) is 11.6 Å². The number of aliphatic hydroxyl groups is 1. The zero-order valence-corrected chi connectivity index (χ0v) is 18.1. The highest BCUT2D eigenvalue weighted by Gasteiger charge is 2.40. The quantitative estimate of drug-likeness (QED) is 0.744. The van der Waals surface area contributed by atoms with E-state index in [1.807, 2.05) is 0 Å². The largest absolute Gasteiger partial charge is 0.433 e. The highest BCUT2D eigenvalue weighted by Crippen LogP contribution is 2.30. The number of carbonyl (C=O) groups is 1. The maximum atomic E-state index is 13.1. The summed E-state index contributed by atoms with van der Waals surface area (Å²) in [5.74, 6) is -0.113. The number of hydrogen-bond donors (Lipinski definition) is 1. The Morgan fingerprint density at radius 1 is 1.09 bits per heavy atom. The first kappa shape index (κ1) is 22.8. The number of amides is 1. The van der Waals surface area contributed by atoms with Crippen LogP contribution in [0.15, 0.2) is 30.3 Å². The van der Waals surface area contributed by atoms with Crippen molar-refractivity contribution < 1.29 is 23.1 Å². The Hall–Kier alpha value is -2.43. The van der Waals surface area contributed by atoms with E-state index in [1.165, 1.54) is 6.92 Å². The van der Waals surface area contributed by atoms with Crippen molar-refractivity contribution in [3.63, 3.8) is 0 Å². The van der Waals surface area contributed by atoms with Crippen LogP contribution in [0.5, 0.6) is 0 Å². The third kappa shape index (κ3) is 4.82. The average molecular weight is 470 g/mol. The second-order valence-corrected chi connectivity index (χ2v) is 8.50. The zero-order chi connectivity index (χ0) is 23.0. The molecule has 0 radical (unpaired) electrons. The number of nitrogens with zero attached hydrogens (tertiary/aromatic N) is 5. The molecule has 0 unspecified atom stereocenters. The molecule has 2 atom stereocenters. The first-order valence-electron chi connectivity index (χ1n) is 10.3. The number of rotatable bonds is 3. The Balaban J connectivity index is 1.39. The molecule has 32 heavy (non-hydrogen) atoms. The third-order valence-corrected chi connectivity index (χ3v) is 6.09. The number of benzene rings is 1. The van der Waals surface area contributed by atoms with Crippen LogP contribution in [0.2, 0.25) is 5.02 Å². The van der Waals surface area contributed by atoms with E-state index in [4.69, 9.17) is 11.6 Å². The molecule has 2 aliphatic heterocycles. The van der Waals surface area contributed by atoms with Crippen LogP contribution in [0.1, 0.15) is 21.7 Å². The van der Waals surface area contributed by atoms with Gasteiger partial charge in [0.25, 0.3) is 5.91 Å². The third-order valence-electron chi connectivity index (χ3n) is 5.84. The van der Waals surface area contributed by atoms with E-state index in [9.17, 15) is 23.1 Å². The molecule has 2 saturated heterocycles. The standard InChI is InChI=1S/C21H23ClF3N5O2/c1-13-10-18(21(23,24)25)27-20(26-13)30-11-16(17(31)12-30)28-6-8-29(9-7-28)19(32)14-2-4-15(22)5-3-14/h2-5,10,16-17,31H,6-9,11-12H2,1H3/t16-,17-/m1/s1. The molecule has 1 N–H and O–H groups in total. The molecule has 2 aromatic rings. The maximum absolute atomic E-state index is 13.1. The van der Waals surface area contributed by atoms with Gasteiger partial charge in [0, 0.05) is 55.5 Å². The maximum Gasteiger partial charge on any atom is 0.433 e. The summed E-state index contributed by atoms with van der Waals surface area (Å²) in [6.07, 6.45) is -5.32. The Morgan fingerprint density at radius 2 is 1.75 bits per heavy atom. The number of piperazine rings is 1. The Labute approximate surface area is 188 Å². The van der Waals surface area contributed by atoms with Crippen molar-refractivity contribution in [1.82, 2.24) is 19.8 Å². The van der Waals surface area contributed by atoms with E-state index in [2.05, 4.69) is 14.9 Å². The molecule has 1 amide bonds. The predicted octanol–water partition coefficient (Wildman–Crippen LogP) is 2.46. The second kappa shape index (κ2) is 8.84.